The zero-order valence-electron chi connectivity index (χ0n) is 36.8. The van der Waals surface area contributed by atoms with E-state index in [0.29, 0.717) is 0 Å². The van der Waals surface area contributed by atoms with Crippen LogP contribution in [0.2, 0.25) is 0 Å². The fourth-order valence-corrected chi connectivity index (χ4v) is 18.0. The van der Waals surface area contributed by atoms with E-state index in [1.165, 1.54) is 115 Å². The van der Waals surface area contributed by atoms with Crippen molar-refractivity contribution in [1.82, 2.24) is 0 Å². The third-order valence-corrected chi connectivity index (χ3v) is 20.1. The maximum Gasteiger partial charge on any atom is 0.182 e. The lowest BCUT2D eigenvalue weighted by Crippen LogP contribution is -2.70. The van der Waals surface area contributed by atoms with E-state index in [0.717, 1.165) is 0 Å². The highest BCUT2D eigenvalue weighted by molar-refractivity contribution is 7.24. The molecule has 0 fully saturated rings. The summed E-state index contributed by atoms with van der Waals surface area (Å²) in [7, 11) is -2.68. The molecule has 9 aromatic carbocycles. The first kappa shape index (κ1) is 36.9. The average Bonchev–Trinajstić information content (AvgIpc) is 3.88. The van der Waals surface area contributed by atoms with Gasteiger partial charge in [0.2, 0.25) is 0 Å². The molecule has 1 nitrogen and oxygen atoms in total. The summed E-state index contributed by atoms with van der Waals surface area (Å²) in [6.45, 7) is 14.1. The lowest BCUT2D eigenvalue weighted by atomic mass is 9.62. The van der Waals surface area contributed by atoms with E-state index in [-0.39, 0.29) is 10.8 Å². The molecule has 63 heavy (non-hydrogen) atoms. The summed E-state index contributed by atoms with van der Waals surface area (Å²) in [4.78, 5) is 2.62. The maximum absolute atomic E-state index is 2.68. The van der Waals surface area contributed by atoms with Gasteiger partial charge in [0.05, 0.1) is 16.8 Å². The Balaban J connectivity index is 1.15. The van der Waals surface area contributed by atoms with Crippen molar-refractivity contribution in [3.05, 3.63) is 221 Å². The molecule has 3 heterocycles. The molecule has 0 saturated heterocycles. The number of benzene rings is 9. The minimum absolute atomic E-state index is 0.0251. The number of hydrogen-bond donors (Lipinski definition) is 0. The Labute approximate surface area is 372 Å². The average molecular weight is 824 g/mol. The van der Waals surface area contributed by atoms with Crippen LogP contribution in [0.25, 0.3) is 44.2 Å². The highest BCUT2D eigenvalue weighted by Crippen LogP contribution is 2.65. The molecule has 2 heteroatoms. The van der Waals surface area contributed by atoms with Crippen LogP contribution in [-0.4, -0.2) is 8.07 Å². The second-order valence-electron chi connectivity index (χ2n) is 20.4. The van der Waals surface area contributed by atoms with E-state index in [1.807, 2.05) is 0 Å². The second-order valence-corrected chi connectivity index (χ2v) is 24.1. The van der Waals surface area contributed by atoms with Crippen molar-refractivity contribution in [3.63, 3.8) is 0 Å². The molecule has 0 bridgehead atoms. The van der Waals surface area contributed by atoms with Crippen molar-refractivity contribution in [2.45, 2.75) is 57.8 Å². The lowest BCUT2D eigenvalue weighted by molar-refractivity contribution is 0.586. The van der Waals surface area contributed by atoms with Crippen molar-refractivity contribution >= 4 is 56.7 Å². The minimum atomic E-state index is -2.68. The number of anilines is 3. The van der Waals surface area contributed by atoms with Crippen LogP contribution in [0.5, 0.6) is 0 Å². The number of hydrogen-bond acceptors (Lipinski definition) is 1. The van der Waals surface area contributed by atoms with Gasteiger partial charge in [-0.1, -0.05) is 205 Å². The molecule has 9 aromatic rings. The molecule has 0 atom stereocenters. The zero-order chi connectivity index (χ0) is 42.6. The third-order valence-electron chi connectivity index (χ3n) is 15.2. The first-order valence-corrected chi connectivity index (χ1v) is 24.7. The molecular weight excluding hydrogens is 775 g/mol. The largest absolute Gasteiger partial charge is 0.310 e. The van der Waals surface area contributed by atoms with Crippen molar-refractivity contribution in [1.29, 1.82) is 0 Å². The van der Waals surface area contributed by atoms with Crippen LogP contribution in [-0.2, 0) is 16.2 Å². The fourth-order valence-electron chi connectivity index (χ4n) is 12.4. The molecule has 0 saturated carbocycles. The zero-order valence-corrected chi connectivity index (χ0v) is 37.8. The number of para-hydroxylation sites is 1. The van der Waals surface area contributed by atoms with Crippen molar-refractivity contribution in [3.8, 4) is 33.4 Å². The van der Waals surface area contributed by atoms with Gasteiger partial charge in [-0.05, 0) is 128 Å². The first-order valence-electron chi connectivity index (χ1n) is 22.7. The quantitative estimate of drug-likeness (QED) is 0.149. The van der Waals surface area contributed by atoms with Gasteiger partial charge in [-0.25, -0.2) is 0 Å². The first-order chi connectivity index (χ1) is 30.5. The van der Waals surface area contributed by atoms with Gasteiger partial charge in [0.15, 0.2) is 8.07 Å². The van der Waals surface area contributed by atoms with Crippen LogP contribution < -0.4 is 25.6 Å². The summed E-state index contributed by atoms with van der Waals surface area (Å²) >= 11 is 0. The maximum atomic E-state index is 2.62. The van der Waals surface area contributed by atoms with E-state index in [9.17, 15) is 0 Å². The summed E-state index contributed by atoms with van der Waals surface area (Å²) in [5, 5.41) is 8.56. The molecule has 4 aliphatic rings. The Bertz CT molecular complexity index is 3320. The summed E-state index contributed by atoms with van der Waals surface area (Å²) in [5.74, 6) is 0. The third kappa shape index (κ3) is 4.62. The molecule has 0 aromatic heterocycles. The van der Waals surface area contributed by atoms with E-state index in [2.05, 4.69) is 234 Å². The van der Waals surface area contributed by atoms with E-state index >= 15 is 0 Å². The Kier molecular flexibility index (Phi) is 7.29. The molecule has 0 unspecified atom stereocenters. The monoisotopic (exact) mass is 823 g/mol. The Morgan fingerprint density at radius 3 is 1.46 bits per heavy atom. The Morgan fingerprint density at radius 1 is 0.381 bits per heavy atom. The highest BCUT2D eigenvalue weighted by Gasteiger charge is 2.56. The van der Waals surface area contributed by atoms with Crippen LogP contribution in [0.15, 0.2) is 188 Å². The van der Waals surface area contributed by atoms with Crippen LogP contribution >= 0.6 is 0 Å². The normalized spacial score (nSPS) is 15.4. The molecular formula is C61H49NSi. The molecule has 3 aliphatic heterocycles. The number of nitrogens with zero attached hydrogens (tertiary/aromatic N) is 1. The van der Waals surface area contributed by atoms with Crippen LogP contribution in [0, 0.1) is 0 Å². The Hall–Kier alpha value is -6.74. The van der Waals surface area contributed by atoms with Gasteiger partial charge >= 0.3 is 0 Å². The summed E-state index contributed by atoms with van der Waals surface area (Å²) in [6.07, 6.45) is 0. The van der Waals surface area contributed by atoms with Gasteiger partial charge < -0.3 is 4.90 Å². The van der Waals surface area contributed by atoms with Crippen LogP contribution in [0.4, 0.5) is 17.1 Å². The summed E-state index contributed by atoms with van der Waals surface area (Å²) in [6, 6.07) is 73.4. The van der Waals surface area contributed by atoms with Crippen molar-refractivity contribution in [2.24, 2.45) is 0 Å². The number of fused-ring (bicyclic) bond motifs is 21. The molecule has 13 rings (SSSR count). The van der Waals surface area contributed by atoms with Crippen LogP contribution in [0.1, 0.15) is 74.9 Å². The SMILES string of the molecule is CC(C)(C)c1ccc2c(c1)C1(c3cc(C(C)(C)C)ccc3-2)c2ccccc2N(c2ccc3c(c2)[Si]2(c4ccccc4-c4ccccc42)c2ccccc2-3)c2ccc3ccccc3c21. The van der Waals surface area contributed by atoms with Crippen LogP contribution in [0.3, 0.4) is 0 Å². The summed E-state index contributed by atoms with van der Waals surface area (Å²) in [5.41, 5.74) is 19.4. The topological polar surface area (TPSA) is 3.24 Å². The van der Waals surface area contributed by atoms with Gasteiger partial charge in [0.25, 0.3) is 0 Å². The van der Waals surface area contributed by atoms with Gasteiger partial charge in [-0.15, -0.1) is 0 Å². The standard InChI is InChI=1S/C61H49NSi/c1-59(2,3)39-28-31-43-44-32-29-40(60(4,5)6)36-51(44)61(50(43)35-39)49-22-12-13-23-52(49)62(53-34-27-38-17-7-8-18-42(38)58(53)61)41-30-33-48-47-21-11-16-26-56(47)63(57(48)37-41)54-24-14-9-19-45(54)46-20-10-15-25-55(46)63/h7-37H,1-6H3. The van der Waals surface area contributed by atoms with E-state index in [4.69, 9.17) is 0 Å². The molecule has 302 valence electrons. The molecule has 1 aliphatic carbocycles. The van der Waals surface area contributed by atoms with Crippen molar-refractivity contribution < 1.29 is 0 Å². The lowest BCUT2D eigenvalue weighted by Gasteiger charge is -2.46. The predicted molar refractivity (Wildman–Crippen MR) is 268 cm³/mol. The smallest absolute Gasteiger partial charge is 0.182 e. The van der Waals surface area contributed by atoms with Gasteiger partial charge in [-0.2, -0.15) is 0 Å². The molecule has 0 amide bonds. The van der Waals surface area contributed by atoms with E-state index < -0.39 is 13.5 Å². The number of rotatable bonds is 1. The van der Waals surface area contributed by atoms with E-state index in [1.54, 1.807) is 0 Å². The van der Waals surface area contributed by atoms with Gasteiger partial charge in [0, 0.05) is 11.3 Å². The Morgan fingerprint density at radius 2 is 0.873 bits per heavy atom. The molecule has 0 N–H and O–H groups in total. The molecule has 2 spiro atoms. The fraction of sp³-hybridized carbons (Fsp3) is 0.148. The second kappa shape index (κ2) is 12.5. The minimum Gasteiger partial charge on any atom is -0.310 e. The molecule has 0 radical (unpaired) electrons. The highest BCUT2D eigenvalue weighted by atomic mass is 28.3. The predicted octanol–water partition coefficient (Wildman–Crippen LogP) is 12.9. The van der Waals surface area contributed by atoms with Crippen molar-refractivity contribution in [2.75, 3.05) is 4.90 Å². The van der Waals surface area contributed by atoms with Gasteiger partial charge in [0.1, 0.15) is 0 Å². The summed E-state index contributed by atoms with van der Waals surface area (Å²) < 4.78 is 0. The van der Waals surface area contributed by atoms with Gasteiger partial charge in [-0.3, -0.25) is 0 Å².